The van der Waals surface area contributed by atoms with Gasteiger partial charge in [-0.05, 0) is 22.1 Å². The minimum atomic E-state index is 1.04. The molecule has 0 heterocycles. The Labute approximate surface area is 83.0 Å². The maximum atomic E-state index is 3.90. The largest absolute Gasteiger partial charge is 0.0918 e. The Kier molecular flexibility index (Phi) is 2.25. The first-order valence-corrected chi connectivity index (χ1v) is 4.49. The van der Waals surface area contributed by atoms with Gasteiger partial charge in [-0.1, -0.05) is 54.9 Å². The third kappa shape index (κ3) is 1.54. The maximum absolute atomic E-state index is 3.90. The summed E-state index contributed by atoms with van der Waals surface area (Å²) in [6, 6.07) is 14.3. The molecule has 0 unspecified atom stereocenters. The van der Waals surface area contributed by atoms with Gasteiger partial charge in [0.25, 0.3) is 0 Å². The minimum Gasteiger partial charge on any atom is -0.0918 e. The van der Waals surface area contributed by atoms with Crippen LogP contribution in [-0.2, 0) is 0 Å². The van der Waals surface area contributed by atoms with Gasteiger partial charge in [0.05, 0.1) is 0 Å². The van der Waals surface area contributed by atoms with E-state index in [-0.39, 0.29) is 0 Å². The summed E-state index contributed by atoms with van der Waals surface area (Å²) in [5.74, 6) is 2.96. The van der Waals surface area contributed by atoms with Gasteiger partial charge >= 0.3 is 0 Å². The van der Waals surface area contributed by atoms with Crippen molar-refractivity contribution in [3.8, 4) is 11.2 Å². The van der Waals surface area contributed by atoms with Crippen LogP contribution >= 0.6 is 12.6 Å². The van der Waals surface area contributed by atoms with Crippen molar-refractivity contribution >= 4 is 23.4 Å². The van der Waals surface area contributed by atoms with E-state index in [0.29, 0.717) is 0 Å². The van der Waals surface area contributed by atoms with E-state index in [2.05, 4.69) is 42.0 Å². The van der Waals surface area contributed by atoms with Crippen molar-refractivity contribution in [2.75, 3.05) is 0 Å². The number of hydrogen-bond acceptors (Lipinski definition) is 1. The fourth-order valence-corrected chi connectivity index (χ4v) is 1.52. The summed E-state index contributed by atoms with van der Waals surface area (Å²) in [7, 11) is 0. The smallest absolute Gasteiger partial charge is 0.0332 e. The molecule has 0 aromatic heterocycles. The molecule has 0 aliphatic carbocycles. The average Bonchev–Trinajstić information content (AvgIpc) is 2.19. The third-order valence-corrected chi connectivity index (χ3v) is 2.09. The first-order chi connectivity index (χ1) is 6.42. The summed E-state index contributed by atoms with van der Waals surface area (Å²) in [6.45, 7) is 0. The monoisotopic (exact) mass is 184 g/mol. The van der Waals surface area contributed by atoms with E-state index in [9.17, 15) is 0 Å². The van der Waals surface area contributed by atoms with Crippen LogP contribution in [0.3, 0.4) is 0 Å². The molecule has 0 fully saturated rings. The highest BCUT2D eigenvalue weighted by Gasteiger charge is 1.95. The molecular formula is C12H8S. The summed E-state index contributed by atoms with van der Waals surface area (Å²) in [5.41, 5.74) is 1.04. The maximum Gasteiger partial charge on any atom is 0.0332 e. The first-order valence-electron chi connectivity index (χ1n) is 4.04. The van der Waals surface area contributed by atoms with Gasteiger partial charge in [-0.25, -0.2) is 0 Å². The molecule has 0 amide bonds. The van der Waals surface area contributed by atoms with Crippen LogP contribution in [0.15, 0.2) is 42.5 Å². The molecule has 0 aliphatic rings. The average molecular weight is 184 g/mol. The van der Waals surface area contributed by atoms with Crippen molar-refractivity contribution in [1.82, 2.24) is 0 Å². The zero-order valence-corrected chi connectivity index (χ0v) is 7.88. The highest BCUT2D eigenvalue weighted by molar-refractivity contribution is 7.85. The summed E-state index contributed by atoms with van der Waals surface area (Å²) in [6.07, 6.45) is 0. The first kappa shape index (κ1) is 8.22. The molecule has 0 bridgehead atoms. The predicted octanol–water partition coefficient (Wildman–Crippen LogP) is 3.08. The SMILES string of the molecule is SC#Cc1cccc2ccccc12. The van der Waals surface area contributed by atoms with Gasteiger partial charge in [0.2, 0.25) is 0 Å². The van der Waals surface area contributed by atoms with Crippen LogP contribution in [0.25, 0.3) is 10.8 Å². The number of thiol groups is 1. The molecule has 2 rings (SSSR count). The molecule has 13 heavy (non-hydrogen) atoms. The van der Waals surface area contributed by atoms with Crippen molar-refractivity contribution in [3.63, 3.8) is 0 Å². The van der Waals surface area contributed by atoms with E-state index < -0.39 is 0 Å². The zero-order chi connectivity index (χ0) is 9.10. The lowest BCUT2D eigenvalue weighted by Crippen LogP contribution is -1.77. The van der Waals surface area contributed by atoms with Crippen LogP contribution in [0.4, 0.5) is 0 Å². The van der Waals surface area contributed by atoms with Crippen molar-refractivity contribution < 1.29 is 0 Å². The van der Waals surface area contributed by atoms with E-state index in [1.807, 2.05) is 24.3 Å². The molecule has 0 aliphatic heterocycles. The van der Waals surface area contributed by atoms with Gasteiger partial charge in [0, 0.05) is 5.56 Å². The van der Waals surface area contributed by atoms with Crippen molar-refractivity contribution in [1.29, 1.82) is 0 Å². The molecule has 0 saturated heterocycles. The lowest BCUT2D eigenvalue weighted by Gasteiger charge is -1.98. The van der Waals surface area contributed by atoms with Gasteiger partial charge in [0.15, 0.2) is 0 Å². The molecular weight excluding hydrogens is 176 g/mol. The van der Waals surface area contributed by atoms with Crippen LogP contribution in [0.2, 0.25) is 0 Å². The van der Waals surface area contributed by atoms with Crippen LogP contribution in [-0.4, -0.2) is 0 Å². The summed E-state index contributed by atoms with van der Waals surface area (Å²) in [4.78, 5) is 0. The highest BCUT2D eigenvalue weighted by Crippen LogP contribution is 2.17. The van der Waals surface area contributed by atoms with Crippen LogP contribution in [0.5, 0.6) is 0 Å². The van der Waals surface area contributed by atoms with E-state index in [1.54, 1.807) is 0 Å². The fourth-order valence-electron chi connectivity index (χ4n) is 1.39. The third-order valence-electron chi connectivity index (χ3n) is 1.98. The Morgan fingerprint density at radius 2 is 1.69 bits per heavy atom. The van der Waals surface area contributed by atoms with Gasteiger partial charge in [-0.2, -0.15) is 0 Å². The molecule has 0 N–H and O–H groups in total. The number of benzene rings is 2. The van der Waals surface area contributed by atoms with E-state index in [4.69, 9.17) is 0 Å². The Morgan fingerprint density at radius 1 is 0.923 bits per heavy atom. The van der Waals surface area contributed by atoms with Crippen molar-refractivity contribution in [2.24, 2.45) is 0 Å². The second-order valence-corrected chi connectivity index (χ2v) is 2.99. The molecule has 1 heteroatoms. The van der Waals surface area contributed by atoms with Crippen LogP contribution in [0.1, 0.15) is 5.56 Å². The number of hydrogen-bond donors (Lipinski definition) is 1. The normalized spacial score (nSPS) is 9.31. The second-order valence-electron chi connectivity index (χ2n) is 2.76. The van der Waals surface area contributed by atoms with Crippen LogP contribution < -0.4 is 0 Å². The van der Waals surface area contributed by atoms with Gasteiger partial charge in [-0.15, -0.1) is 0 Å². The number of fused-ring (bicyclic) bond motifs is 1. The second kappa shape index (κ2) is 3.55. The Hall–Kier alpha value is -1.39. The molecule has 0 radical (unpaired) electrons. The standard InChI is InChI=1S/C12H8S/c13-9-8-11-6-3-5-10-4-1-2-7-12(10)11/h1-7,13H. The molecule has 2 aromatic carbocycles. The topological polar surface area (TPSA) is 0 Å². The number of rotatable bonds is 0. The molecule has 2 aromatic rings. The van der Waals surface area contributed by atoms with E-state index in [0.717, 1.165) is 5.56 Å². The lowest BCUT2D eigenvalue weighted by atomic mass is 10.1. The van der Waals surface area contributed by atoms with Crippen LogP contribution in [0, 0.1) is 11.2 Å². The fraction of sp³-hybridized carbons (Fsp3) is 0. The zero-order valence-electron chi connectivity index (χ0n) is 6.99. The summed E-state index contributed by atoms with van der Waals surface area (Å²) >= 11 is 3.90. The minimum absolute atomic E-state index is 1.04. The van der Waals surface area contributed by atoms with Crippen molar-refractivity contribution in [2.45, 2.75) is 0 Å². The Balaban J connectivity index is 2.80. The molecule has 62 valence electrons. The lowest BCUT2D eigenvalue weighted by molar-refractivity contribution is 1.71. The highest BCUT2D eigenvalue weighted by atomic mass is 32.1. The van der Waals surface area contributed by atoms with Crippen molar-refractivity contribution in [3.05, 3.63) is 48.0 Å². The molecule has 0 saturated carbocycles. The van der Waals surface area contributed by atoms with Gasteiger partial charge in [0.1, 0.15) is 0 Å². The summed E-state index contributed by atoms with van der Waals surface area (Å²) < 4.78 is 0. The molecule has 0 atom stereocenters. The Morgan fingerprint density at radius 3 is 2.54 bits per heavy atom. The van der Waals surface area contributed by atoms with E-state index in [1.165, 1.54) is 10.8 Å². The van der Waals surface area contributed by atoms with Gasteiger partial charge < -0.3 is 0 Å². The molecule has 0 nitrogen and oxygen atoms in total. The molecule has 0 spiro atoms. The quantitative estimate of drug-likeness (QED) is 0.472. The van der Waals surface area contributed by atoms with Gasteiger partial charge in [-0.3, -0.25) is 0 Å². The van der Waals surface area contributed by atoms with E-state index >= 15 is 0 Å². The Bertz CT molecular complexity index is 484. The predicted molar refractivity (Wildman–Crippen MR) is 59.8 cm³/mol. The summed E-state index contributed by atoms with van der Waals surface area (Å²) in [5, 5.41) is 5.03.